The summed E-state index contributed by atoms with van der Waals surface area (Å²) in [5, 5.41) is 0. The van der Waals surface area contributed by atoms with E-state index in [0.29, 0.717) is 18.1 Å². The number of unbranched alkanes of at least 4 members (excludes halogenated alkanes) is 3. The number of pyridine rings is 1. The molecule has 29 heavy (non-hydrogen) atoms. The highest BCUT2D eigenvalue weighted by atomic mass is 32.2. The first-order valence-corrected chi connectivity index (χ1v) is 11.5. The van der Waals surface area contributed by atoms with Crippen molar-refractivity contribution >= 4 is 15.6 Å². The van der Waals surface area contributed by atoms with Crippen molar-refractivity contribution in [2.45, 2.75) is 43.4 Å². The molecule has 0 bridgehead atoms. The molecule has 0 saturated carbocycles. The third-order valence-corrected chi connectivity index (χ3v) is 5.76. The van der Waals surface area contributed by atoms with Crippen LogP contribution in [-0.4, -0.2) is 30.4 Å². The first-order chi connectivity index (χ1) is 13.9. The Morgan fingerprint density at radius 2 is 1.72 bits per heavy atom. The summed E-state index contributed by atoms with van der Waals surface area (Å²) in [6.45, 7) is 0. The Labute approximate surface area is 170 Å². The van der Waals surface area contributed by atoms with Gasteiger partial charge in [-0.05, 0) is 31.0 Å². The molecule has 0 radical (unpaired) electrons. The fourth-order valence-corrected chi connectivity index (χ4v) is 4.03. The zero-order valence-corrected chi connectivity index (χ0v) is 17.2. The third kappa shape index (κ3) is 5.84. The molecular formula is C22H24N2O4S. The van der Waals surface area contributed by atoms with Gasteiger partial charge < -0.3 is 4.42 Å². The minimum atomic E-state index is -3.41. The highest BCUT2D eigenvalue weighted by Gasteiger charge is 2.17. The topological polar surface area (TPSA) is 90.1 Å². The van der Waals surface area contributed by atoms with Gasteiger partial charge in [-0.3, -0.25) is 9.78 Å². The first kappa shape index (κ1) is 20.9. The number of carbonyl (C=O) groups is 1. The van der Waals surface area contributed by atoms with Crippen LogP contribution in [0.15, 0.2) is 64.2 Å². The number of oxazole rings is 1. The molecule has 3 rings (SSSR count). The van der Waals surface area contributed by atoms with Crippen LogP contribution >= 0.6 is 0 Å². The number of aromatic nitrogens is 2. The van der Waals surface area contributed by atoms with Crippen LogP contribution < -0.4 is 0 Å². The normalized spacial score (nSPS) is 11.5. The predicted molar refractivity (Wildman–Crippen MR) is 110 cm³/mol. The molecule has 6 nitrogen and oxygen atoms in total. The smallest absolute Gasteiger partial charge is 0.194 e. The van der Waals surface area contributed by atoms with Crippen molar-refractivity contribution < 1.29 is 17.6 Å². The van der Waals surface area contributed by atoms with E-state index in [9.17, 15) is 13.2 Å². The molecule has 0 aliphatic carbocycles. The Morgan fingerprint density at radius 3 is 2.48 bits per heavy atom. The van der Waals surface area contributed by atoms with E-state index in [-0.39, 0.29) is 16.2 Å². The van der Waals surface area contributed by atoms with Gasteiger partial charge in [-0.1, -0.05) is 37.1 Å². The largest absolute Gasteiger partial charge is 0.439 e. The van der Waals surface area contributed by atoms with Gasteiger partial charge in [0, 0.05) is 30.9 Å². The lowest BCUT2D eigenvalue weighted by atomic mass is 10.0. The van der Waals surface area contributed by atoms with Crippen LogP contribution in [0.25, 0.3) is 11.5 Å². The standard InChI is InChI=1S/C22H24N2O4S/c1-29(26,27)21-13-7-6-10-17(21)19(25)12-4-2-3-5-14-22-24-16-20(28-22)18-11-8-9-15-23-18/h6-11,13,15-16H,2-5,12,14H2,1H3. The zero-order valence-electron chi connectivity index (χ0n) is 16.4. The second-order valence-corrected chi connectivity index (χ2v) is 8.92. The highest BCUT2D eigenvalue weighted by molar-refractivity contribution is 7.90. The fraction of sp³-hybridized carbons (Fsp3) is 0.318. The molecule has 0 fully saturated rings. The molecule has 2 aromatic heterocycles. The van der Waals surface area contributed by atoms with E-state index in [1.165, 1.54) is 6.07 Å². The highest BCUT2D eigenvalue weighted by Crippen LogP contribution is 2.20. The van der Waals surface area contributed by atoms with Gasteiger partial charge in [-0.15, -0.1) is 0 Å². The fourth-order valence-electron chi connectivity index (χ4n) is 3.12. The molecule has 0 saturated heterocycles. The van der Waals surface area contributed by atoms with Gasteiger partial charge in [0.15, 0.2) is 27.3 Å². The molecule has 7 heteroatoms. The van der Waals surface area contributed by atoms with Gasteiger partial charge in [0.2, 0.25) is 0 Å². The second kappa shape index (κ2) is 9.60. The number of hydrogen-bond donors (Lipinski definition) is 0. The van der Waals surface area contributed by atoms with Gasteiger partial charge in [0.25, 0.3) is 0 Å². The molecule has 2 heterocycles. The minimum Gasteiger partial charge on any atom is -0.439 e. The third-order valence-electron chi connectivity index (χ3n) is 4.60. The number of rotatable bonds is 10. The van der Waals surface area contributed by atoms with Crippen LogP contribution in [0.2, 0.25) is 0 Å². The molecule has 3 aromatic rings. The molecule has 0 atom stereocenters. The Bertz CT molecular complexity index is 1060. The minimum absolute atomic E-state index is 0.109. The summed E-state index contributed by atoms with van der Waals surface area (Å²) in [4.78, 5) is 21.1. The summed E-state index contributed by atoms with van der Waals surface area (Å²) in [5.41, 5.74) is 1.05. The van der Waals surface area contributed by atoms with Crippen molar-refractivity contribution in [1.29, 1.82) is 0 Å². The van der Waals surface area contributed by atoms with E-state index >= 15 is 0 Å². The first-order valence-electron chi connectivity index (χ1n) is 9.63. The van der Waals surface area contributed by atoms with Crippen LogP contribution in [0.1, 0.15) is 48.4 Å². The second-order valence-electron chi connectivity index (χ2n) is 6.94. The van der Waals surface area contributed by atoms with E-state index in [1.54, 1.807) is 30.6 Å². The van der Waals surface area contributed by atoms with Crippen molar-refractivity contribution in [3.8, 4) is 11.5 Å². The number of benzene rings is 1. The molecule has 0 amide bonds. The van der Waals surface area contributed by atoms with Gasteiger partial charge in [0.1, 0.15) is 5.69 Å². The number of nitrogens with zero attached hydrogens (tertiary/aromatic N) is 2. The summed E-state index contributed by atoms with van der Waals surface area (Å²) in [5.74, 6) is 1.22. The Hall–Kier alpha value is -2.80. The predicted octanol–water partition coefficient (Wildman–Crippen LogP) is 4.52. The Morgan fingerprint density at radius 1 is 0.966 bits per heavy atom. The molecule has 152 valence electrons. The van der Waals surface area contributed by atoms with Gasteiger partial charge in [-0.2, -0.15) is 0 Å². The van der Waals surface area contributed by atoms with Crippen molar-refractivity contribution in [2.24, 2.45) is 0 Å². The number of hydrogen-bond acceptors (Lipinski definition) is 6. The maximum atomic E-state index is 12.4. The van der Waals surface area contributed by atoms with E-state index in [4.69, 9.17) is 4.42 Å². The van der Waals surface area contributed by atoms with Crippen molar-refractivity contribution in [1.82, 2.24) is 9.97 Å². The molecule has 0 aliphatic rings. The average molecular weight is 413 g/mol. The summed E-state index contributed by atoms with van der Waals surface area (Å²) in [7, 11) is -3.41. The Balaban J connectivity index is 1.41. The summed E-state index contributed by atoms with van der Waals surface area (Å²) < 4.78 is 29.4. The number of ketones is 1. The number of Topliss-reactive ketones (excluding diaryl/α,β-unsaturated/α-hetero) is 1. The molecule has 0 N–H and O–H groups in total. The summed E-state index contributed by atoms with van der Waals surface area (Å²) in [6.07, 6.45) is 9.08. The van der Waals surface area contributed by atoms with Crippen LogP contribution in [0.4, 0.5) is 0 Å². The van der Waals surface area contributed by atoms with Gasteiger partial charge >= 0.3 is 0 Å². The quantitative estimate of drug-likeness (QED) is 0.359. The van der Waals surface area contributed by atoms with Crippen LogP contribution in [0.5, 0.6) is 0 Å². The molecule has 0 unspecified atom stereocenters. The van der Waals surface area contributed by atoms with Crippen molar-refractivity contribution in [3.05, 3.63) is 66.3 Å². The van der Waals surface area contributed by atoms with Crippen LogP contribution in [-0.2, 0) is 16.3 Å². The van der Waals surface area contributed by atoms with E-state index in [2.05, 4.69) is 9.97 Å². The lowest BCUT2D eigenvalue weighted by Crippen LogP contribution is -2.08. The van der Waals surface area contributed by atoms with E-state index in [1.807, 2.05) is 18.2 Å². The van der Waals surface area contributed by atoms with E-state index < -0.39 is 9.84 Å². The SMILES string of the molecule is CS(=O)(=O)c1ccccc1C(=O)CCCCCCc1ncc(-c2ccccn2)o1. The number of carbonyl (C=O) groups excluding carboxylic acids is 1. The molecule has 0 aliphatic heterocycles. The van der Waals surface area contributed by atoms with Gasteiger partial charge in [0.05, 0.1) is 11.1 Å². The molecule has 1 aromatic carbocycles. The van der Waals surface area contributed by atoms with E-state index in [0.717, 1.165) is 44.1 Å². The maximum Gasteiger partial charge on any atom is 0.194 e. The lowest BCUT2D eigenvalue weighted by molar-refractivity contribution is 0.0976. The summed E-state index contributed by atoms with van der Waals surface area (Å²) >= 11 is 0. The number of sulfone groups is 1. The van der Waals surface area contributed by atoms with Crippen molar-refractivity contribution in [2.75, 3.05) is 6.26 Å². The van der Waals surface area contributed by atoms with Crippen LogP contribution in [0.3, 0.4) is 0 Å². The van der Waals surface area contributed by atoms with Crippen molar-refractivity contribution in [3.63, 3.8) is 0 Å². The lowest BCUT2D eigenvalue weighted by Gasteiger charge is -2.06. The number of aryl methyl sites for hydroxylation is 1. The monoisotopic (exact) mass is 412 g/mol. The van der Waals surface area contributed by atoms with Crippen LogP contribution in [0, 0.1) is 0 Å². The van der Waals surface area contributed by atoms with Gasteiger partial charge in [-0.25, -0.2) is 13.4 Å². The Kier molecular flexibility index (Phi) is 6.93. The average Bonchev–Trinajstić information content (AvgIpc) is 3.19. The summed E-state index contributed by atoms with van der Waals surface area (Å²) in [6, 6.07) is 12.0. The zero-order chi connectivity index (χ0) is 20.7. The maximum absolute atomic E-state index is 12.4. The molecule has 0 spiro atoms. The molecular weight excluding hydrogens is 388 g/mol.